The van der Waals surface area contributed by atoms with Crippen molar-refractivity contribution >= 4 is 5.69 Å². The van der Waals surface area contributed by atoms with Crippen LogP contribution in [0.25, 0.3) is 0 Å². The van der Waals surface area contributed by atoms with Gasteiger partial charge in [0, 0.05) is 18.2 Å². The molecule has 0 heterocycles. The number of rotatable bonds is 5. The zero-order valence-electron chi connectivity index (χ0n) is 11.7. The van der Waals surface area contributed by atoms with E-state index in [1.165, 1.54) is 19.3 Å². The summed E-state index contributed by atoms with van der Waals surface area (Å²) in [7, 11) is 0. The van der Waals surface area contributed by atoms with Crippen molar-refractivity contribution in [3.63, 3.8) is 0 Å². The van der Waals surface area contributed by atoms with Crippen molar-refractivity contribution in [1.29, 1.82) is 0 Å². The molecule has 2 rings (SSSR count). The topological polar surface area (TPSA) is 55.2 Å². The van der Waals surface area contributed by atoms with E-state index in [1.807, 2.05) is 12.1 Å². The number of nitrogens with zero attached hydrogens (tertiary/aromatic N) is 1. The Morgan fingerprint density at radius 3 is 2.84 bits per heavy atom. The fourth-order valence-electron chi connectivity index (χ4n) is 2.89. The maximum absolute atomic E-state index is 10.9. The lowest BCUT2D eigenvalue weighted by Gasteiger charge is -2.16. The first-order valence-corrected chi connectivity index (χ1v) is 7.02. The summed E-state index contributed by atoms with van der Waals surface area (Å²) < 4.78 is 0. The summed E-state index contributed by atoms with van der Waals surface area (Å²) in [5, 5.41) is 14.3. The minimum absolute atomic E-state index is 0.216. The van der Waals surface area contributed by atoms with E-state index in [4.69, 9.17) is 0 Å². The molecular formula is C15H22N2O2. The van der Waals surface area contributed by atoms with Crippen LogP contribution in [0.5, 0.6) is 0 Å². The molecule has 1 N–H and O–H groups in total. The molecule has 19 heavy (non-hydrogen) atoms. The summed E-state index contributed by atoms with van der Waals surface area (Å²) in [5.41, 5.74) is 1.93. The van der Waals surface area contributed by atoms with E-state index in [9.17, 15) is 10.1 Å². The third kappa shape index (κ3) is 3.53. The fourth-order valence-corrected chi connectivity index (χ4v) is 2.89. The van der Waals surface area contributed by atoms with Gasteiger partial charge >= 0.3 is 0 Å². The van der Waals surface area contributed by atoms with E-state index >= 15 is 0 Å². The summed E-state index contributed by atoms with van der Waals surface area (Å²) in [6.07, 6.45) is 3.98. The number of nitrogens with one attached hydrogen (secondary N) is 1. The minimum atomic E-state index is -0.308. The van der Waals surface area contributed by atoms with Gasteiger partial charge in [-0.25, -0.2) is 0 Å². The molecule has 1 aliphatic rings. The van der Waals surface area contributed by atoms with Crippen LogP contribution < -0.4 is 5.32 Å². The van der Waals surface area contributed by atoms with Gasteiger partial charge in [-0.2, -0.15) is 0 Å². The van der Waals surface area contributed by atoms with Gasteiger partial charge in [0.2, 0.25) is 0 Å². The van der Waals surface area contributed by atoms with Gasteiger partial charge < -0.3 is 5.32 Å². The van der Waals surface area contributed by atoms with Crippen LogP contribution in [0, 0.1) is 28.9 Å². The molecule has 1 aromatic carbocycles. The molecule has 0 amide bonds. The molecule has 0 bridgehead atoms. The lowest BCUT2D eigenvalue weighted by molar-refractivity contribution is -0.385. The van der Waals surface area contributed by atoms with Crippen LogP contribution in [0.1, 0.15) is 37.3 Å². The molecule has 1 fully saturated rings. The summed E-state index contributed by atoms with van der Waals surface area (Å²) in [6.45, 7) is 5.82. The van der Waals surface area contributed by atoms with Crippen LogP contribution in [0.15, 0.2) is 18.2 Å². The van der Waals surface area contributed by atoms with Gasteiger partial charge in [0.15, 0.2) is 0 Å². The number of nitro groups is 1. The average Bonchev–Trinajstić information content (AvgIpc) is 2.77. The quantitative estimate of drug-likeness (QED) is 0.653. The van der Waals surface area contributed by atoms with Crippen LogP contribution in [-0.4, -0.2) is 11.5 Å². The molecule has 4 heteroatoms. The molecule has 2 atom stereocenters. The van der Waals surface area contributed by atoms with Crippen LogP contribution >= 0.6 is 0 Å². The summed E-state index contributed by atoms with van der Waals surface area (Å²) >= 11 is 0. The van der Waals surface area contributed by atoms with Crippen LogP contribution in [-0.2, 0) is 6.54 Å². The third-order valence-corrected chi connectivity index (χ3v) is 4.25. The van der Waals surface area contributed by atoms with Crippen molar-refractivity contribution in [1.82, 2.24) is 5.32 Å². The van der Waals surface area contributed by atoms with Crippen molar-refractivity contribution < 1.29 is 4.92 Å². The average molecular weight is 262 g/mol. The third-order valence-electron chi connectivity index (χ3n) is 4.25. The van der Waals surface area contributed by atoms with Gasteiger partial charge in [-0.3, -0.25) is 10.1 Å². The Kier molecular flexibility index (Phi) is 4.53. The van der Waals surface area contributed by atoms with Crippen molar-refractivity contribution in [3.05, 3.63) is 39.4 Å². The Labute approximate surface area is 114 Å². The second-order valence-electron chi connectivity index (χ2n) is 5.68. The van der Waals surface area contributed by atoms with Crippen molar-refractivity contribution in [3.8, 4) is 0 Å². The monoisotopic (exact) mass is 262 g/mol. The standard InChI is InChI=1S/C15H22N2O2/c1-11-4-3-5-14(11)10-16-9-13-7-6-12(2)15(8-13)17(18)19/h6-8,11,14,16H,3-5,9-10H2,1-2H3. The van der Waals surface area contributed by atoms with E-state index in [0.29, 0.717) is 6.54 Å². The number of benzene rings is 1. The van der Waals surface area contributed by atoms with E-state index < -0.39 is 0 Å². The van der Waals surface area contributed by atoms with Crippen molar-refractivity contribution in [2.75, 3.05) is 6.54 Å². The maximum Gasteiger partial charge on any atom is 0.272 e. The highest BCUT2D eigenvalue weighted by Gasteiger charge is 2.22. The molecule has 0 aliphatic heterocycles. The Morgan fingerprint density at radius 2 is 2.21 bits per heavy atom. The molecule has 0 radical (unpaired) electrons. The van der Waals surface area contributed by atoms with E-state index in [1.54, 1.807) is 13.0 Å². The predicted molar refractivity (Wildman–Crippen MR) is 76.0 cm³/mol. The first kappa shape index (κ1) is 14.0. The molecule has 104 valence electrons. The molecule has 0 spiro atoms. The van der Waals surface area contributed by atoms with E-state index in [2.05, 4.69) is 12.2 Å². The van der Waals surface area contributed by atoms with Gasteiger partial charge in [-0.1, -0.05) is 31.9 Å². The van der Waals surface area contributed by atoms with Crippen LogP contribution in [0.3, 0.4) is 0 Å². The van der Waals surface area contributed by atoms with Gasteiger partial charge in [0.05, 0.1) is 4.92 Å². The normalized spacial score (nSPS) is 22.6. The van der Waals surface area contributed by atoms with Crippen molar-refractivity contribution in [2.24, 2.45) is 11.8 Å². The largest absolute Gasteiger partial charge is 0.312 e. The van der Waals surface area contributed by atoms with Gasteiger partial charge in [-0.05, 0) is 37.3 Å². The van der Waals surface area contributed by atoms with Gasteiger partial charge in [-0.15, -0.1) is 0 Å². The highest BCUT2D eigenvalue weighted by Crippen LogP contribution is 2.30. The highest BCUT2D eigenvalue weighted by atomic mass is 16.6. The Bertz CT molecular complexity index is 459. The van der Waals surface area contributed by atoms with Gasteiger partial charge in [0.1, 0.15) is 0 Å². The zero-order chi connectivity index (χ0) is 13.8. The molecule has 1 aliphatic carbocycles. The molecule has 0 aromatic heterocycles. The lowest BCUT2D eigenvalue weighted by Crippen LogP contribution is -2.24. The first-order chi connectivity index (χ1) is 9.08. The fraction of sp³-hybridized carbons (Fsp3) is 0.600. The first-order valence-electron chi connectivity index (χ1n) is 7.02. The molecule has 2 unspecified atom stereocenters. The van der Waals surface area contributed by atoms with Crippen LogP contribution in [0.2, 0.25) is 0 Å². The Morgan fingerprint density at radius 1 is 1.42 bits per heavy atom. The smallest absolute Gasteiger partial charge is 0.272 e. The lowest BCUT2D eigenvalue weighted by atomic mass is 9.98. The van der Waals surface area contributed by atoms with Crippen molar-refractivity contribution in [2.45, 2.75) is 39.7 Å². The molecule has 4 nitrogen and oxygen atoms in total. The van der Waals surface area contributed by atoms with Crippen LogP contribution in [0.4, 0.5) is 5.69 Å². The minimum Gasteiger partial charge on any atom is -0.312 e. The summed E-state index contributed by atoms with van der Waals surface area (Å²) in [5.74, 6) is 1.57. The predicted octanol–water partition coefficient (Wildman–Crippen LogP) is 3.43. The Hall–Kier alpha value is -1.42. The van der Waals surface area contributed by atoms with E-state index in [-0.39, 0.29) is 10.6 Å². The number of nitro benzene ring substituents is 1. The molecule has 1 aromatic rings. The van der Waals surface area contributed by atoms with E-state index in [0.717, 1.165) is 29.5 Å². The number of hydrogen-bond donors (Lipinski definition) is 1. The zero-order valence-corrected chi connectivity index (χ0v) is 11.7. The van der Waals surface area contributed by atoms with Gasteiger partial charge in [0.25, 0.3) is 5.69 Å². The summed E-state index contributed by atoms with van der Waals surface area (Å²) in [6, 6.07) is 5.47. The number of aryl methyl sites for hydroxylation is 1. The number of hydrogen-bond acceptors (Lipinski definition) is 3. The summed E-state index contributed by atoms with van der Waals surface area (Å²) in [4.78, 5) is 10.6. The highest BCUT2D eigenvalue weighted by molar-refractivity contribution is 5.42. The molecule has 0 saturated heterocycles. The molecule has 1 saturated carbocycles. The SMILES string of the molecule is Cc1ccc(CNCC2CCCC2C)cc1[N+](=O)[O-]. The second kappa shape index (κ2) is 6.15. The molecular weight excluding hydrogens is 240 g/mol. The second-order valence-corrected chi connectivity index (χ2v) is 5.68. The maximum atomic E-state index is 10.9. The Balaban J connectivity index is 1.89.